The molecule has 0 bridgehead atoms. The second-order valence-corrected chi connectivity index (χ2v) is 6.67. The number of piperazine rings is 1. The van der Waals surface area contributed by atoms with E-state index in [1.807, 2.05) is 18.0 Å². The van der Waals surface area contributed by atoms with E-state index in [-0.39, 0.29) is 11.3 Å². The van der Waals surface area contributed by atoms with Gasteiger partial charge in [0.25, 0.3) is 0 Å². The molecule has 19 heavy (non-hydrogen) atoms. The molecule has 1 aromatic heterocycles. The minimum absolute atomic E-state index is 0.116. The maximum absolute atomic E-state index is 11.8. The Morgan fingerprint density at radius 1 is 1.26 bits per heavy atom. The van der Waals surface area contributed by atoms with Gasteiger partial charge < -0.3 is 9.80 Å². The third-order valence-corrected chi connectivity index (χ3v) is 3.54. The van der Waals surface area contributed by atoms with Crippen LogP contribution in [0.3, 0.4) is 0 Å². The summed E-state index contributed by atoms with van der Waals surface area (Å²) in [7, 11) is 1.83. The summed E-state index contributed by atoms with van der Waals surface area (Å²) in [6.07, 6.45) is 0. The van der Waals surface area contributed by atoms with Gasteiger partial charge in [-0.1, -0.05) is 20.8 Å². The summed E-state index contributed by atoms with van der Waals surface area (Å²) in [5.41, 5.74) is -0.116. The number of anilines is 1. The molecule has 0 unspecified atom stereocenters. The molecule has 1 saturated heterocycles. The van der Waals surface area contributed by atoms with Gasteiger partial charge in [0.2, 0.25) is 5.91 Å². The fourth-order valence-electron chi connectivity index (χ4n) is 1.86. The number of carbonyl (C=O) groups is 1. The summed E-state index contributed by atoms with van der Waals surface area (Å²) < 4.78 is 0.758. The maximum atomic E-state index is 11.8. The fourth-order valence-corrected chi connectivity index (χ4v) is 2.23. The number of likely N-dealkylation sites (N-methyl/N-ethyl adjacent to an activating group) is 1. The average molecular weight is 327 g/mol. The Morgan fingerprint density at radius 3 is 2.53 bits per heavy atom. The van der Waals surface area contributed by atoms with Crippen molar-refractivity contribution >= 4 is 27.7 Å². The van der Waals surface area contributed by atoms with Crippen molar-refractivity contribution in [3.8, 4) is 0 Å². The lowest BCUT2D eigenvalue weighted by Gasteiger charge is -2.33. The van der Waals surface area contributed by atoms with Crippen LogP contribution < -0.4 is 4.90 Å². The first-order chi connectivity index (χ1) is 8.77. The van der Waals surface area contributed by atoms with Crippen LogP contribution in [0.1, 0.15) is 26.6 Å². The van der Waals surface area contributed by atoms with Crippen molar-refractivity contribution in [1.82, 2.24) is 14.9 Å². The summed E-state index contributed by atoms with van der Waals surface area (Å²) in [4.78, 5) is 24.5. The highest BCUT2D eigenvalue weighted by atomic mass is 79.9. The number of carbonyl (C=O) groups excluding carboxylic acids is 1. The zero-order valence-electron chi connectivity index (χ0n) is 11.8. The summed E-state index contributed by atoms with van der Waals surface area (Å²) in [6.45, 7) is 8.14. The van der Waals surface area contributed by atoms with E-state index < -0.39 is 0 Å². The van der Waals surface area contributed by atoms with Gasteiger partial charge in [0, 0.05) is 31.6 Å². The number of hydrogen-bond acceptors (Lipinski definition) is 4. The van der Waals surface area contributed by atoms with Gasteiger partial charge >= 0.3 is 0 Å². The van der Waals surface area contributed by atoms with E-state index in [9.17, 15) is 4.79 Å². The molecule has 1 aromatic rings. The first-order valence-corrected chi connectivity index (χ1v) is 7.10. The molecule has 0 aromatic carbocycles. The number of halogens is 1. The number of hydrogen-bond donors (Lipinski definition) is 0. The topological polar surface area (TPSA) is 49.3 Å². The lowest BCUT2D eigenvalue weighted by Crippen LogP contribution is -2.49. The van der Waals surface area contributed by atoms with Crippen molar-refractivity contribution in [2.45, 2.75) is 26.2 Å². The first kappa shape index (κ1) is 14.2. The third kappa shape index (κ3) is 3.23. The molecule has 5 nitrogen and oxygen atoms in total. The standard InChI is InChI=1S/C13H19BrN4O/c1-13(2,3)12-15-9(14)7-10(16-12)18-6-5-17(4)11(19)8-18/h7H,5-6,8H2,1-4H3. The van der Waals surface area contributed by atoms with Crippen LogP contribution in [0.4, 0.5) is 5.82 Å². The molecule has 1 aliphatic rings. The molecule has 1 fully saturated rings. The highest BCUT2D eigenvalue weighted by molar-refractivity contribution is 9.10. The molecular formula is C13H19BrN4O. The normalized spacial score (nSPS) is 17.0. The summed E-state index contributed by atoms with van der Waals surface area (Å²) in [5.74, 6) is 1.72. The first-order valence-electron chi connectivity index (χ1n) is 6.31. The molecule has 0 spiro atoms. The van der Waals surface area contributed by atoms with Crippen LogP contribution in [-0.4, -0.2) is 47.5 Å². The lowest BCUT2D eigenvalue weighted by atomic mass is 9.96. The van der Waals surface area contributed by atoms with Gasteiger partial charge in [-0.25, -0.2) is 9.97 Å². The van der Waals surface area contributed by atoms with E-state index in [1.165, 1.54) is 0 Å². The quantitative estimate of drug-likeness (QED) is 0.738. The smallest absolute Gasteiger partial charge is 0.241 e. The second kappa shape index (κ2) is 5.07. The molecule has 0 aliphatic carbocycles. The Labute approximate surface area is 122 Å². The van der Waals surface area contributed by atoms with E-state index in [1.54, 1.807) is 4.90 Å². The highest BCUT2D eigenvalue weighted by Gasteiger charge is 2.25. The second-order valence-electron chi connectivity index (χ2n) is 5.86. The largest absolute Gasteiger partial charge is 0.345 e. The SMILES string of the molecule is CN1CCN(c2cc(Br)nc(C(C)(C)C)n2)CC1=O. The lowest BCUT2D eigenvalue weighted by molar-refractivity contribution is -0.129. The Morgan fingerprint density at radius 2 is 1.95 bits per heavy atom. The average Bonchev–Trinajstić information content (AvgIpc) is 2.31. The highest BCUT2D eigenvalue weighted by Crippen LogP contribution is 2.24. The van der Waals surface area contributed by atoms with Crippen molar-refractivity contribution in [2.75, 3.05) is 31.6 Å². The van der Waals surface area contributed by atoms with Crippen molar-refractivity contribution in [3.63, 3.8) is 0 Å². The van der Waals surface area contributed by atoms with Crippen molar-refractivity contribution in [1.29, 1.82) is 0 Å². The third-order valence-electron chi connectivity index (χ3n) is 3.13. The molecule has 1 aliphatic heterocycles. The molecule has 0 radical (unpaired) electrons. The Kier molecular flexibility index (Phi) is 3.80. The predicted octanol–water partition coefficient (Wildman–Crippen LogP) is 1.81. The molecule has 0 N–H and O–H groups in total. The van der Waals surface area contributed by atoms with Crippen molar-refractivity contribution in [2.24, 2.45) is 0 Å². The van der Waals surface area contributed by atoms with Gasteiger partial charge in [-0.3, -0.25) is 4.79 Å². The van der Waals surface area contributed by atoms with Gasteiger partial charge in [-0.2, -0.15) is 0 Å². The molecule has 104 valence electrons. The molecule has 6 heteroatoms. The van der Waals surface area contributed by atoms with Gasteiger partial charge in [0.15, 0.2) is 0 Å². The molecule has 0 atom stereocenters. The zero-order chi connectivity index (χ0) is 14.2. The molecule has 0 saturated carbocycles. The van der Waals surface area contributed by atoms with Crippen molar-refractivity contribution in [3.05, 3.63) is 16.5 Å². The van der Waals surface area contributed by atoms with Gasteiger partial charge in [0.1, 0.15) is 16.2 Å². The van der Waals surface area contributed by atoms with Crippen LogP contribution in [0.25, 0.3) is 0 Å². The van der Waals surface area contributed by atoms with Gasteiger partial charge in [-0.05, 0) is 15.9 Å². The summed E-state index contributed by atoms with van der Waals surface area (Å²) in [6, 6.07) is 1.87. The van der Waals surface area contributed by atoms with E-state index in [2.05, 4.69) is 46.7 Å². The number of rotatable bonds is 1. The van der Waals surface area contributed by atoms with Gasteiger partial charge in [-0.15, -0.1) is 0 Å². The minimum atomic E-state index is -0.116. The van der Waals surface area contributed by atoms with Gasteiger partial charge in [0.05, 0.1) is 6.54 Å². The van der Waals surface area contributed by atoms with E-state index in [0.717, 1.165) is 29.3 Å². The van der Waals surface area contributed by atoms with E-state index in [4.69, 9.17) is 0 Å². The maximum Gasteiger partial charge on any atom is 0.241 e. The molecule has 2 rings (SSSR count). The summed E-state index contributed by atoms with van der Waals surface area (Å²) in [5, 5.41) is 0. The Bertz CT molecular complexity index is 498. The van der Waals surface area contributed by atoms with Crippen LogP contribution in [0.2, 0.25) is 0 Å². The van der Waals surface area contributed by atoms with Crippen LogP contribution in [0, 0.1) is 0 Å². The van der Waals surface area contributed by atoms with Crippen LogP contribution in [0.5, 0.6) is 0 Å². The Hall–Kier alpha value is -1.17. The van der Waals surface area contributed by atoms with E-state index in [0.29, 0.717) is 6.54 Å². The molecule has 1 amide bonds. The van der Waals surface area contributed by atoms with Crippen LogP contribution in [-0.2, 0) is 10.2 Å². The predicted molar refractivity (Wildman–Crippen MR) is 78.3 cm³/mol. The number of amides is 1. The number of nitrogens with zero attached hydrogens (tertiary/aromatic N) is 4. The van der Waals surface area contributed by atoms with E-state index >= 15 is 0 Å². The monoisotopic (exact) mass is 326 g/mol. The van der Waals surface area contributed by atoms with Crippen LogP contribution >= 0.6 is 15.9 Å². The summed E-state index contributed by atoms with van der Waals surface area (Å²) >= 11 is 3.43. The fraction of sp³-hybridized carbons (Fsp3) is 0.615. The Balaban J connectivity index is 2.30. The molecular weight excluding hydrogens is 308 g/mol. The van der Waals surface area contributed by atoms with Crippen molar-refractivity contribution < 1.29 is 4.79 Å². The minimum Gasteiger partial charge on any atom is -0.345 e. The molecule has 2 heterocycles. The van der Waals surface area contributed by atoms with Crippen LogP contribution in [0.15, 0.2) is 10.7 Å². The zero-order valence-corrected chi connectivity index (χ0v) is 13.4. The number of aromatic nitrogens is 2.